The highest BCUT2D eigenvalue weighted by molar-refractivity contribution is 5.03. The minimum absolute atomic E-state index is 0.0976. The molecule has 2 saturated carbocycles. The van der Waals surface area contributed by atoms with Gasteiger partial charge in [-0.05, 0) is 151 Å². The lowest BCUT2D eigenvalue weighted by Gasteiger charge is -2.49. The molecule has 250 valence electrons. The van der Waals surface area contributed by atoms with Crippen LogP contribution in [0.4, 0.5) is 0 Å². The van der Waals surface area contributed by atoms with Crippen molar-refractivity contribution < 1.29 is 14.2 Å². The van der Waals surface area contributed by atoms with E-state index in [2.05, 4.69) is 34.6 Å². The molecule has 2 fully saturated rings. The normalized spacial score (nSPS) is 31.2. The fraction of sp³-hybridized carbons (Fsp3) is 1.00. The first kappa shape index (κ1) is 37.9. The predicted molar refractivity (Wildman–Crippen MR) is 177 cm³/mol. The van der Waals surface area contributed by atoms with E-state index in [1.807, 2.05) is 0 Å². The van der Waals surface area contributed by atoms with E-state index in [0.29, 0.717) is 54.8 Å². The maximum absolute atomic E-state index is 6.99. The van der Waals surface area contributed by atoms with E-state index in [1.54, 1.807) is 0 Å². The minimum Gasteiger partial charge on any atom is -0.378 e. The molecule has 0 amide bonds. The zero-order valence-electron chi connectivity index (χ0n) is 28.4. The van der Waals surface area contributed by atoms with Crippen LogP contribution in [0, 0.1) is 34.5 Å². The van der Waals surface area contributed by atoms with E-state index in [1.165, 1.54) is 32.1 Å². The Labute approximate surface area is 260 Å². The van der Waals surface area contributed by atoms with Gasteiger partial charge in [0.05, 0.1) is 18.3 Å². The molecule has 42 heavy (non-hydrogen) atoms. The average molecular weight is 597 g/mol. The maximum atomic E-state index is 6.99. The molecule has 7 atom stereocenters. The summed E-state index contributed by atoms with van der Waals surface area (Å²) in [4.78, 5) is 0. The van der Waals surface area contributed by atoms with Crippen molar-refractivity contribution in [1.82, 2.24) is 0 Å². The first-order chi connectivity index (χ1) is 20.2. The summed E-state index contributed by atoms with van der Waals surface area (Å²) < 4.78 is 19.5. The molecule has 0 aromatic carbocycles. The summed E-state index contributed by atoms with van der Waals surface area (Å²) in [6.45, 7) is 17.5. The Morgan fingerprint density at radius 3 is 1.95 bits per heavy atom. The Balaban J connectivity index is 2.28. The number of nitrogens with two attached hydrogens (primary N) is 4. The number of ether oxygens (including phenoxy) is 3. The Morgan fingerprint density at radius 2 is 1.36 bits per heavy atom. The van der Waals surface area contributed by atoms with Crippen LogP contribution in [-0.4, -0.2) is 64.3 Å². The first-order valence-corrected chi connectivity index (χ1v) is 17.8. The molecule has 8 N–H and O–H groups in total. The van der Waals surface area contributed by atoms with Crippen molar-refractivity contribution in [2.75, 3.05) is 46.0 Å². The van der Waals surface area contributed by atoms with E-state index < -0.39 is 0 Å². The summed E-state index contributed by atoms with van der Waals surface area (Å²) in [6.07, 6.45) is 16.5. The standard InChI is InChI=1S/C35H72N4O3/c1-6-30(40-22-8-19-37)26-29-12-13-32(27(2)11-7-18-36)35(29,5)33(42-24-10-21-39)25-28(3)34(4)16-14-31(15-17-34)41-23-9-20-38/h27-33H,6-26,36-39H2,1-5H3/t27-,28-,29+,30-,31?,32-,33+,34?,35+/m1/s1. The third kappa shape index (κ3) is 11.0. The Bertz CT molecular complexity index is 689. The average Bonchev–Trinajstić information content (AvgIpc) is 3.32. The fourth-order valence-corrected chi connectivity index (χ4v) is 8.38. The minimum atomic E-state index is 0.0976. The molecule has 2 rings (SSSR count). The summed E-state index contributed by atoms with van der Waals surface area (Å²) in [5.74, 6) is 2.42. The predicted octanol–water partition coefficient (Wildman–Crippen LogP) is 6.00. The van der Waals surface area contributed by atoms with Gasteiger partial charge < -0.3 is 37.1 Å². The summed E-state index contributed by atoms with van der Waals surface area (Å²) in [7, 11) is 0. The number of hydrogen-bond acceptors (Lipinski definition) is 7. The van der Waals surface area contributed by atoms with E-state index >= 15 is 0 Å². The molecular weight excluding hydrogens is 524 g/mol. The van der Waals surface area contributed by atoms with Crippen LogP contribution in [0.1, 0.15) is 125 Å². The second-order valence-electron chi connectivity index (χ2n) is 14.4. The highest BCUT2D eigenvalue weighted by Gasteiger charge is 2.54. The molecule has 0 aromatic rings. The second kappa shape index (κ2) is 20.0. The van der Waals surface area contributed by atoms with E-state index in [4.69, 9.17) is 37.1 Å². The van der Waals surface area contributed by atoms with Gasteiger partial charge in [0.25, 0.3) is 0 Å². The largest absolute Gasteiger partial charge is 0.378 e. The van der Waals surface area contributed by atoms with Crippen molar-refractivity contribution in [1.29, 1.82) is 0 Å². The van der Waals surface area contributed by atoms with Crippen molar-refractivity contribution in [2.45, 2.75) is 143 Å². The van der Waals surface area contributed by atoms with Gasteiger partial charge in [0.1, 0.15) is 0 Å². The Morgan fingerprint density at radius 1 is 0.762 bits per heavy atom. The Hall–Kier alpha value is -0.280. The third-order valence-corrected chi connectivity index (χ3v) is 11.7. The van der Waals surface area contributed by atoms with Gasteiger partial charge in [-0.3, -0.25) is 0 Å². The summed E-state index contributed by atoms with van der Waals surface area (Å²) in [6, 6.07) is 0. The topological polar surface area (TPSA) is 132 Å². The molecule has 0 aromatic heterocycles. The van der Waals surface area contributed by atoms with Crippen molar-refractivity contribution in [2.24, 2.45) is 57.4 Å². The van der Waals surface area contributed by atoms with Crippen molar-refractivity contribution in [3.05, 3.63) is 0 Å². The van der Waals surface area contributed by atoms with Gasteiger partial charge in [-0.25, -0.2) is 0 Å². The van der Waals surface area contributed by atoms with Crippen LogP contribution in [0.25, 0.3) is 0 Å². The first-order valence-electron chi connectivity index (χ1n) is 17.8. The van der Waals surface area contributed by atoms with Crippen LogP contribution in [0.5, 0.6) is 0 Å². The highest BCUT2D eigenvalue weighted by Crippen LogP contribution is 2.58. The van der Waals surface area contributed by atoms with Crippen LogP contribution in [0.3, 0.4) is 0 Å². The maximum Gasteiger partial charge on any atom is 0.0636 e. The van der Waals surface area contributed by atoms with Gasteiger partial charge in [0, 0.05) is 19.8 Å². The van der Waals surface area contributed by atoms with Crippen molar-refractivity contribution >= 4 is 0 Å². The lowest BCUT2D eigenvalue weighted by molar-refractivity contribution is -0.113. The molecule has 2 aliphatic rings. The van der Waals surface area contributed by atoms with Crippen molar-refractivity contribution in [3.8, 4) is 0 Å². The van der Waals surface area contributed by atoms with Crippen LogP contribution in [0.15, 0.2) is 0 Å². The molecule has 0 unspecified atom stereocenters. The molecule has 7 nitrogen and oxygen atoms in total. The van der Waals surface area contributed by atoms with E-state index in [0.717, 1.165) is 84.2 Å². The van der Waals surface area contributed by atoms with Gasteiger partial charge in [0.2, 0.25) is 0 Å². The number of rotatable bonds is 23. The number of hydrogen-bond donors (Lipinski definition) is 4. The van der Waals surface area contributed by atoms with E-state index in [9.17, 15) is 0 Å². The summed E-state index contributed by atoms with van der Waals surface area (Å²) in [5.41, 5.74) is 23.8. The highest BCUT2D eigenvalue weighted by atomic mass is 16.5. The van der Waals surface area contributed by atoms with Gasteiger partial charge in [-0.15, -0.1) is 0 Å². The van der Waals surface area contributed by atoms with Gasteiger partial charge in [0.15, 0.2) is 0 Å². The SMILES string of the molecule is CC[C@H](C[C@@H]1CC[C@H]([C@H](C)CCCN)[C@@]1(C)[C@H](C[C@@H](C)C1(C)CCC(OCCCN)CC1)OCCCN)OCCCN. The third-order valence-electron chi connectivity index (χ3n) is 11.7. The smallest absolute Gasteiger partial charge is 0.0636 e. The quantitative estimate of drug-likeness (QED) is 0.106. The second-order valence-corrected chi connectivity index (χ2v) is 14.4. The zero-order chi connectivity index (χ0) is 31.0. The Kier molecular flexibility index (Phi) is 18.0. The molecule has 7 heteroatoms. The fourth-order valence-electron chi connectivity index (χ4n) is 8.38. The van der Waals surface area contributed by atoms with Crippen LogP contribution in [-0.2, 0) is 14.2 Å². The molecule has 0 spiro atoms. The lowest BCUT2D eigenvalue weighted by Crippen LogP contribution is -2.48. The molecule has 0 aliphatic heterocycles. The zero-order valence-corrected chi connectivity index (χ0v) is 28.4. The molecule has 0 bridgehead atoms. The van der Waals surface area contributed by atoms with Gasteiger partial charge in [-0.1, -0.05) is 34.6 Å². The molecular formula is C35H72N4O3. The lowest BCUT2D eigenvalue weighted by atomic mass is 9.59. The van der Waals surface area contributed by atoms with Crippen molar-refractivity contribution in [3.63, 3.8) is 0 Å². The molecule has 0 heterocycles. The molecule has 0 saturated heterocycles. The van der Waals surface area contributed by atoms with Gasteiger partial charge >= 0.3 is 0 Å². The van der Waals surface area contributed by atoms with Crippen LogP contribution < -0.4 is 22.9 Å². The van der Waals surface area contributed by atoms with Crippen LogP contribution in [0.2, 0.25) is 0 Å². The van der Waals surface area contributed by atoms with Gasteiger partial charge in [-0.2, -0.15) is 0 Å². The van der Waals surface area contributed by atoms with Crippen LogP contribution >= 0.6 is 0 Å². The summed E-state index contributed by atoms with van der Waals surface area (Å²) in [5, 5.41) is 0. The monoisotopic (exact) mass is 597 g/mol. The summed E-state index contributed by atoms with van der Waals surface area (Å²) >= 11 is 0. The molecule has 2 aliphatic carbocycles. The van der Waals surface area contributed by atoms with E-state index in [-0.39, 0.29) is 17.6 Å². The molecule has 0 radical (unpaired) electrons.